The van der Waals surface area contributed by atoms with Crippen LogP contribution >= 0.6 is 15.9 Å². The van der Waals surface area contributed by atoms with E-state index in [1.165, 1.54) is 0 Å². The number of carbonyl (C=O) groups excluding carboxylic acids is 1. The van der Waals surface area contributed by atoms with E-state index in [-0.39, 0.29) is 11.9 Å². The second-order valence-electron chi connectivity index (χ2n) is 6.19. The number of carbonyl (C=O) groups is 1. The predicted octanol–water partition coefficient (Wildman–Crippen LogP) is 2.85. The summed E-state index contributed by atoms with van der Waals surface area (Å²) in [6, 6.07) is 8.27. The quantitative estimate of drug-likeness (QED) is 0.796. The van der Waals surface area contributed by atoms with Gasteiger partial charge in [-0.25, -0.2) is 4.68 Å². The van der Waals surface area contributed by atoms with Crippen LogP contribution < -0.4 is 10.6 Å². The molecule has 0 bridgehead atoms. The molecule has 2 aromatic rings. The smallest absolute Gasteiger partial charge is 0.272 e. The molecule has 5 nitrogen and oxygen atoms in total. The molecule has 2 N–H and O–H groups in total. The maximum Gasteiger partial charge on any atom is 0.272 e. The van der Waals surface area contributed by atoms with E-state index >= 15 is 0 Å². The Bertz CT molecular complexity index is 741. The Kier molecular flexibility index (Phi) is 5.36. The molecule has 1 aliphatic rings. The average molecular weight is 391 g/mol. The van der Waals surface area contributed by atoms with Crippen molar-refractivity contribution in [3.05, 3.63) is 45.7 Å². The topological polar surface area (TPSA) is 58.9 Å². The molecular weight excluding hydrogens is 368 g/mol. The number of hydrogen-bond donors (Lipinski definition) is 2. The fourth-order valence-electron chi connectivity index (χ4n) is 3.19. The van der Waals surface area contributed by atoms with Crippen LogP contribution in [0.2, 0.25) is 0 Å². The maximum absolute atomic E-state index is 12.6. The highest BCUT2D eigenvalue weighted by atomic mass is 79.9. The van der Waals surface area contributed by atoms with Crippen LogP contribution in [-0.2, 0) is 12.8 Å². The van der Waals surface area contributed by atoms with E-state index in [1.807, 2.05) is 28.9 Å². The number of rotatable bonds is 6. The minimum atomic E-state index is -0.0772. The summed E-state index contributed by atoms with van der Waals surface area (Å²) in [6.45, 7) is 5.62. The molecule has 0 radical (unpaired) electrons. The number of benzene rings is 1. The summed E-state index contributed by atoms with van der Waals surface area (Å²) in [7, 11) is 0. The number of hydrogen-bond acceptors (Lipinski definition) is 3. The van der Waals surface area contributed by atoms with E-state index in [0.29, 0.717) is 12.2 Å². The van der Waals surface area contributed by atoms with Crippen LogP contribution in [-0.4, -0.2) is 34.8 Å². The van der Waals surface area contributed by atoms with Crippen molar-refractivity contribution in [3.8, 4) is 5.69 Å². The minimum Gasteiger partial charge on any atom is -0.349 e. The first-order valence-corrected chi connectivity index (χ1v) is 9.27. The van der Waals surface area contributed by atoms with E-state index in [9.17, 15) is 4.79 Å². The standard InChI is InChI=1S/C18H23BrN4O/c1-3-20-12(2)11-21-18(24)17-15-8-5-9-16(15)23(22-17)14-7-4-6-13(19)10-14/h4,6-7,10,12,20H,3,5,8-9,11H2,1-2H3,(H,21,24)/t12-/m1/s1. The Morgan fingerprint density at radius 3 is 3.00 bits per heavy atom. The Morgan fingerprint density at radius 2 is 2.25 bits per heavy atom. The number of amides is 1. The van der Waals surface area contributed by atoms with Gasteiger partial charge in [0.25, 0.3) is 5.91 Å². The second kappa shape index (κ2) is 7.49. The summed E-state index contributed by atoms with van der Waals surface area (Å²) in [5.41, 5.74) is 3.83. The lowest BCUT2D eigenvalue weighted by molar-refractivity contribution is 0.0944. The van der Waals surface area contributed by atoms with Crippen LogP contribution in [0.1, 0.15) is 42.0 Å². The molecule has 0 aliphatic heterocycles. The van der Waals surface area contributed by atoms with Gasteiger partial charge in [-0.1, -0.05) is 28.9 Å². The van der Waals surface area contributed by atoms with Crippen LogP contribution in [0.5, 0.6) is 0 Å². The molecule has 0 saturated carbocycles. The first-order chi connectivity index (χ1) is 11.6. The monoisotopic (exact) mass is 390 g/mol. The number of halogens is 1. The Hall–Kier alpha value is -1.66. The van der Waals surface area contributed by atoms with Crippen molar-refractivity contribution >= 4 is 21.8 Å². The van der Waals surface area contributed by atoms with Crippen molar-refractivity contribution in [2.24, 2.45) is 0 Å². The van der Waals surface area contributed by atoms with Crippen molar-refractivity contribution < 1.29 is 4.79 Å². The van der Waals surface area contributed by atoms with E-state index in [2.05, 4.69) is 45.5 Å². The maximum atomic E-state index is 12.6. The van der Waals surface area contributed by atoms with Crippen LogP contribution in [0.25, 0.3) is 5.69 Å². The zero-order valence-corrected chi connectivity index (χ0v) is 15.7. The highest BCUT2D eigenvalue weighted by Crippen LogP contribution is 2.28. The first kappa shape index (κ1) is 17.2. The first-order valence-electron chi connectivity index (χ1n) is 8.48. The van der Waals surface area contributed by atoms with Crippen LogP contribution in [0, 0.1) is 0 Å². The number of aromatic nitrogens is 2. The molecule has 128 valence electrons. The SMILES string of the molecule is CCN[C@H](C)CNC(=O)c1nn(-c2cccc(Br)c2)c2c1CCC2. The summed E-state index contributed by atoms with van der Waals surface area (Å²) in [5.74, 6) is -0.0772. The molecule has 0 unspecified atom stereocenters. The molecule has 1 heterocycles. The van der Waals surface area contributed by atoms with Crippen molar-refractivity contribution in [3.63, 3.8) is 0 Å². The van der Waals surface area contributed by atoms with Gasteiger partial charge in [0, 0.05) is 28.3 Å². The normalized spacial score (nSPS) is 14.5. The minimum absolute atomic E-state index is 0.0772. The molecule has 1 atom stereocenters. The summed E-state index contributed by atoms with van der Waals surface area (Å²) in [4.78, 5) is 12.6. The zero-order chi connectivity index (χ0) is 17.1. The Morgan fingerprint density at radius 1 is 1.42 bits per heavy atom. The van der Waals surface area contributed by atoms with Crippen molar-refractivity contribution in [2.45, 2.75) is 39.2 Å². The summed E-state index contributed by atoms with van der Waals surface area (Å²) < 4.78 is 2.93. The van der Waals surface area contributed by atoms with Crippen molar-refractivity contribution in [1.29, 1.82) is 0 Å². The predicted molar refractivity (Wildman–Crippen MR) is 98.8 cm³/mol. The summed E-state index contributed by atoms with van der Waals surface area (Å²) >= 11 is 3.50. The number of likely N-dealkylation sites (N-methyl/N-ethyl adjacent to an activating group) is 1. The lowest BCUT2D eigenvalue weighted by atomic mass is 10.2. The third-order valence-corrected chi connectivity index (χ3v) is 4.81. The van der Waals surface area contributed by atoms with Crippen LogP contribution in [0.3, 0.4) is 0 Å². The lowest BCUT2D eigenvalue weighted by Gasteiger charge is -2.12. The van der Waals surface area contributed by atoms with Gasteiger partial charge in [0.15, 0.2) is 5.69 Å². The summed E-state index contributed by atoms with van der Waals surface area (Å²) in [5, 5.41) is 10.9. The van der Waals surface area contributed by atoms with Gasteiger partial charge in [-0.15, -0.1) is 0 Å². The fraction of sp³-hybridized carbons (Fsp3) is 0.444. The largest absolute Gasteiger partial charge is 0.349 e. The highest BCUT2D eigenvalue weighted by molar-refractivity contribution is 9.10. The molecule has 1 aromatic heterocycles. The van der Waals surface area contributed by atoms with Gasteiger partial charge in [-0.05, 0) is 50.9 Å². The van der Waals surface area contributed by atoms with Gasteiger partial charge < -0.3 is 10.6 Å². The second-order valence-corrected chi connectivity index (χ2v) is 7.10. The molecule has 0 saturated heterocycles. The van der Waals surface area contributed by atoms with Gasteiger partial charge in [0.2, 0.25) is 0 Å². The third-order valence-electron chi connectivity index (χ3n) is 4.32. The third kappa shape index (κ3) is 3.54. The number of nitrogens with one attached hydrogen (secondary N) is 2. The number of nitrogens with zero attached hydrogens (tertiary/aromatic N) is 2. The molecular formula is C18H23BrN4O. The van der Waals surface area contributed by atoms with Gasteiger partial charge in [-0.2, -0.15) is 5.10 Å². The molecule has 24 heavy (non-hydrogen) atoms. The van der Waals surface area contributed by atoms with Crippen LogP contribution in [0.4, 0.5) is 0 Å². The lowest BCUT2D eigenvalue weighted by Crippen LogP contribution is -2.39. The Balaban J connectivity index is 1.85. The van der Waals surface area contributed by atoms with E-state index in [0.717, 1.165) is 47.2 Å². The van der Waals surface area contributed by atoms with Gasteiger partial charge in [-0.3, -0.25) is 4.79 Å². The van der Waals surface area contributed by atoms with Crippen LogP contribution in [0.15, 0.2) is 28.7 Å². The molecule has 0 fully saturated rings. The zero-order valence-electron chi connectivity index (χ0n) is 14.1. The molecule has 0 spiro atoms. The molecule has 1 aromatic carbocycles. The summed E-state index contributed by atoms with van der Waals surface area (Å²) in [6.07, 6.45) is 2.97. The highest BCUT2D eigenvalue weighted by Gasteiger charge is 2.27. The van der Waals surface area contributed by atoms with Gasteiger partial charge in [0.1, 0.15) is 0 Å². The van der Waals surface area contributed by atoms with Crippen molar-refractivity contribution in [2.75, 3.05) is 13.1 Å². The fourth-order valence-corrected chi connectivity index (χ4v) is 3.58. The van der Waals surface area contributed by atoms with E-state index < -0.39 is 0 Å². The van der Waals surface area contributed by atoms with E-state index in [1.54, 1.807) is 0 Å². The molecule has 1 aliphatic carbocycles. The number of fused-ring (bicyclic) bond motifs is 1. The Labute approximate surface area is 151 Å². The van der Waals surface area contributed by atoms with Gasteiger partial charge in [0.05, 0.1) is 5.69 Å². The molecule has 1 amide bonds. The van der Waals surface area contributed by atoms with Crippen molar-refractivity contribution in [1.82, 2.24) is 20.4 Å². The average Bonchev–Trinajstić information content (AvgIpc) is 3.15. The van der Waals surface area contributed by atoms with Gasteiger partial charge >= 0.3 is 0 Å². The van der Waals surface area contributed by atoms with E-state index in [4.69, 9.17) is 0 Å². The molecule has 3 rings (SSSR count). The molecule has 6 heteroatoms.